The summed E-state index contributed by atoms with van der Waals surface area (Å²) in [6, 6.07) is 11.1. The molecule has 0 aliphatic heterocycles. The molecule has 0 fully saturated rings. The SMILES string of the molecule is CCC(C)(C)C(=O)c1ccc2cc(C=O)ccc2c1. The fourth-order valence-corrected chi connectivity index (χ4v) is 2.03. The van der Waals surface area contributed by atoms with Gasteiger partial charge in [-0.2, -0.15) is 0 Å². The number of Topliss-reactive ketones (excluding diaryl/α,β-unsaturated/α-hetero) is 1. The molecule has 2 nitrogen and oxygen atoms in total. The first-order valence-electron chi connectivity index (χ1n) is 6.52. The monoisotopic (exact) mass is 254 g/mol. The molecule has 2 heteroatoms. The zero-order chi connectivity index (χ0) is 14.0. The second-order valence-corrected chi connectivity index (χ2v) is 5.51. The average Bonchev–Trinajstić information content (AvgIpc) is 2.45. The molecule has 0 bridgehead atoms. The van der Waals surface area contributed by atoms with Gasteiger partial charge in [-0.3, -0.25) is 9.59 Å². The van der Waals surface area contributed by atoms with E-state index in [1.165, 1.54) is 0 Å². The van der Waals surface area contributed by atoms with Crippen LogP contribution in [0, 0.1) is 5.41 Å². The van der Waals surface area contributed by atoms with Gasteiger partial charge in [0.2, 0.25) is 0 Å². The lowest BCUT2D eigenvalue weighted by Crippen LogP contribution is -2.23. The quantitative estimate of drug-likeness (QED) is 0.603. The molecule has 0 aromatic heterocycles. The van der Waals surface area contributed by atoms with Crippen LogP contribution in [-0.2, 0) is 0 Å². The summed E-state index contributed by atoms with van der Waals surface area (Å²) in [5, 5.41) is 1.97. The van der Waals surface area contributed by atoms with Crippen LogP contribution >= 0.6 is 0 Å². The van der Waals surface area contributed by atoms with E-state index in [9.17, 15) is 9.59 Å². The van der Waals surface area contributed by atoms with Gasteiger partial charge in [0.1, 0.15) is 6.29 Å². The third-order valence-electron chi connectivity index (χ3n) is 3.76. The van der Waals surface area contributed by atoms with Crippen molar-refractivity contribution in [2.45, 2.75) is 27.2 Å². The first kappa shape index (κ1) is 13.5. The van der Waals surface area contributed by atoms with Crippen LogP contribution in [0.3, 0.4) is 0 Å². The maximum Gasteiger partial charge on any atom is 0.168 e. The first-order valence-corrected chi connectivity index (χ1v) is 6.52. The van der Waals surface area contributed by atoms with Crippen molar-refractivity contribution < 1.29 is 9.59 Å². The first-order chi connectivity index (χ1) is 8.97. The van der Waals surface area contributed by atoms with Gasteiger partial charge in [-0.15, -0.1) is 0 Å². The number of aldehydes is 1. The number of ketones is 1. The Balaban J connectivity index is 2.48. The number of carbonyl (C=O) groups excluding carboxylic acids is 2. The highest BCUT2D eigenvalue weighted by atomic mass is 16.1. The van der Waals surface area contributed by atoms with E-state index >= 15 is 0 Å². The van der Waals surface area contributed by atoms with Crippen molar-refractivity contribution in [2.24, 2.45) is 5.41 Å². The molecule has 2 aromatic rings. The molecule has 0 amide bonds. The summed E-state index contributed by atoms with van der Waals surface area (Å²) in [6.07, 6.45) is 1.65. The van der Waals surface area contributed by atoms with E-state index in [-0.39, 0.29) is 11.2 Å². The van der Waals surface area contributed by atoms with Gasteiger partial charge in [-0.05, 0) is 29.3 Å². The average molecular weight is 254 g/mol. The van der Waals surface area contributed by atoms with Crippen molar-refractivity contribution in [3.05, 3.63) is 47.5 Å². The van der Waals surface area contributed by atoms with E-state index in [1.807, 2.05) is 51.1 Å². The van der Waals surface area contributed by atoms with Crippen molar-refractivity contribution in [2.75, 3.05) is 0 Å². The second kappa shape index (κ2) is 4.96. The minimum atomic E-state index is -0.337. The molecule has 19 heavy (non-hydrogen) atoms. The van der Waals surface area contributed by atoms with E-state index in [0.29, 0.717) is 5.56 Å². The van der Waals surface area contributed by atoms with Crippen LogP contribution in [-0.4, -0.2) is 12.1 Å². The van der Waals surface area contributed by atoms with Crippen LogP contribution in [0.4, 0.5) is 0 Å². The zero-order valence-corrected chi connectivity index (χ0v) is 11.6. The Morgan fingerprint density at radius 1 is 1.11 bits per heavy atom. The molecule has 0 aliphatic carbocycles. The Bertz CT molecular complexity index is 639. The summed E-state index contributed by atoms with van der Waals surface area (Å²) in [7, 11) is 0. The van der Waals surface area contributed by atoms with Gasteiger partial charge in [0.25, 0.3) is 0 Å². The highest BCUT2D eigenvalue weighted by Crippen LogP contribution is 2.27. The van der Waals surface area contributed by atoms with Crippen LogP contribution in [0.5, 0.6) is 0 Å². The van der Waals surface area contributed by atoms with E-state index in [2.05, 4.69) is 0 Å². The van der Waals surface area contributed by atoms with Gasteiger partial charge < -0.3 is 0 Å². The predicted octanol–water partition coefficient (Wildman–Crippen LogP) is 4.27. The lowest BCUT2D eigenvalue weighted by molar-refractivity contribution is 0.0833. The van der Waals surface area contributed by atoms with Crippen molar-refractivity contribution in [1.29, 1.82) is 0 Å². The molecule has 0 radical (unpaired) electrons. The smallest absolute Gasteiger partial charge is 0.168 e. The van der Waals surface area contributed by atoms with Crippen LogP contribution in [0.1, 0.15) is 47.9 Å². The van der Waals surface area contributed by atoms with Crippen molar-refractivity contribution >= 4 is 22.8 Å². The predicted molar refractivity (Wildman–Crippen MR) is 77.7 cm³/mol. The van der Waals surface area contributed by atoms with Crippen LogP contribution in [0.2, 0.25) is 0 Å². The third kappa shape index (κ3) is 2.58. The van der Waals surface area contributed by atoms with Crippen LogP contribution < -0.4 is 0 Å². The van der Waals surface area contributed by atoms with Crippen molar-refractivity contribution in [1.82, 2.24) is 0 Å². The fourth-order valence-electron chi connectivity index (χ4n) is 2.03. The molecule has 98 valence electrons. The zero-order valence-electron chi connectivity index (χ0n) is 11.6. The maximum absolute atomic E-state index is 12.4. The molecule has 0 unspecified atom stereocenters. The van der Waals surface area contributed by atoms with Crippen LogP contribution in [0.15, 0.2) is 36.4 Å². The van der Waals surface area contributed by atoms with Crippen LogP contribution in [0.25, 0.3) is 10.8 Å². The highest BCUT2D eigenvalue weighted by molar-refractivity contribution is 6.03. The number of hydrogen-bond acceptors (Lipinski definition) is 2. The Hall–Kier alpha value is -1.96. The van der Waals surface area contributed by atoms with Gasteiger partial charge in [0.15, 0.2) is 5.78 Å². The number of rotatable bonds is 4. The van der Waals surface area contributed by atoms with Crippen molar-refractivity contribution in [3.8, 4) is 0 Å². The number of carbonyl (C=O) groups is 2. The number of hydrogen-bond donors (Lipinski definition) is 0. The lowest BCUT2D eigenvalue weighted by atomic mass is 9.81. The topological polar surface area (TPSA) is 34.1 Å². The summed E-state index contributed by atoms with van der Waals surface area (Å²) >= 11 is 0. The molecule has 0 saturated heterocycles. The second-order valence-electron chi connectivity index (χ2n) is 5.51. The third-order valence-corrected chi connectivity index (χ3v) is 3.76. The maximum atomic E-state index is 12.4. The number of benzene rings is 2. The molecule has 0 N–H and O–H groups in total. The largest absolute Gasteiger partial charge is 0.298 e. The molecule has 2 aromatic carbocycles. The molecule has 0 saturated carbocycles. The lowest BCUT2D eigenvalue weighted by Gasteiger charge is -2.21. The normalized spacial score (nSPS) is 11.5. The van der Waals surface area contributed by atoms with E-state index in [1.54, 1.807) is 6.07 Å². The Labute approximate surface area is 113 Å². The van der Waals surface area contributed by atoms with Gasteiger partial charge in [-0.25, -0.2) is 0 Å². The Morgan fingerprint density at radius 3 is 2.37 bits per heavy atom. The molecule has 0 heterocycles. The van der Waals surface area contributed by atoms with Gasteiger partial charge in [0.05, 0.1) is 0 Å². The molecule has 0 atom stereocenters. The molecular formula is C17H18O2. The van der Waals surface area contributed by atoms with E-state index in [4.69, 9.17) is 0 Å². The van der Waals surface area contributed by atoms with Gasteiger partial charge in [0, 0.05) is 16.5 Å². The summed E-state index contributed by atoms with van der Waals surface area (Å²) < 4.78 is 0. The van der Waals surface area contributed by atoms with E-state index < -0.39 is 0 Å². The Morgan fingerprint density at radius 2 is 1.74 bits per heavy atom. The summed E-state index contributed by atoms with van der Waals surface area (Å²) in [6.45, 7) is 5.96. The molecule has 0 aliphatic rings. The minimum absolute atomic E-state index is 0.163. The fraction of sp³-hybridized carbons (Fsp3) is 0.294. The number of fused-ring (bicyclic) bond motifs is 1. The summed E-state index contributed by atoms with van der Waals surface area (Å²) in [5.41, 5.74) is 1.05. The van der Waals surface area contributed by atoms with Crippen molar-refractivity contribution in [3.63, 3.8) is 0 Å². The summed E-state index contributed by atoms with van der Waals surface area (Å²) in [5.74, 6) is 0.163. The molecular weight excluding hydrogens is 236 g/mol. The minimum Gasteiger partial charge on any atom is -0.298 e. The van der Waals surface area contributed by atoms with Gasteiger partial charge >= 0.3 is 0 Å². The standard InChI is InChI=1S/C17H18O2/c1-4-17(2,3)16(19)15-8-7-13-9-12(11-18)5-6-14(13)10-15/h5-11H,4H2,1-3H3. The molecule has 0 spiro atoms. The van der Waals surface area contributed by atoms with Gasteiger partial charge in [-0.1, -0.05) is 45.0 Å². The summed E-state index contributed by atoms with van der Waals surface area (Å²) in [4.78, 5) is 23.1. The highest BCUT2D eigenvalue weighted by Gasteiger charge is 2.26. The molecule has 2 rings (SSSR count). The Kier molecular flexibility index (Phi) is 3.52. The van der Waals surface area contributed by atoms with E-state index in [0.717, 1.165) is 29.0 Å².